The van der Waals surface area contributed by atoms with E-state index in [1.54, 1.807) is 16.9 Å². The lowest BCUT2D eigenvalue weighted by Gasteiger charge is -2.03. The van der Waals surface area contributed by atoms with Gasteiger partial charge < -0.3 is 9.73 Å². The van der Waals surface area contributed by atoms with E-state index in [-0.39, 0.29) is 5.91 Å². The first-order chi connectivity index (χ1) is 9.61. The van der Waals surface area contributed by atoms with E-state index in [2.05, 4.69) is 15.4 Å². The van der Waals surface area contributed by atoms with Gasteiger partial charge in [0.2, 0.25) is 0 Å². The fourth-order valence-corrected chi connectivity index (χ4v) is 1.96. The Bertz CT molecular complexity index is 772. The molecule has 0 saturated carbocycles. The predicted octanol–water partition coefficient (Wildman–Crippen LogP) is 1.87. The first kappa shape index (κ1) is 12.4. The predicted molar refractivity (Wildman–Crippen MR) is 72.3 cm³/mol. The highest BCUT2D eigenvalue weighted by Gasteiger charge is 2.09. The van der Waals surface area contributed by atoms with Gasteiger partial charge in [0, 0.05) is 18.5 Å². The number of hydrogen-bond donors (Lipinski definition) is 1. The van der Waals surface area contributed by atoms with Crippen LogP contribution in [0.15, 0.2) is 35.0 Å². The Hall–Kier alpha value is -2.63. The molecule has 1 N–H and O–H groups in total. The second kappa shape index (κ2) is 4.80. The topological polar surface area (TPSA) is 72.4 Å². The van der Waals surface area contributed by atoms with Crippen molar-refractivity contribution in [2.45, 2.75) is 20.4 Å². The number of fused-ring (bicyclic) bond motifs is 1. The van der Waals surface area contributed by atoms with E-state index in [4.69, 9.17) is 4.42 Å². The number of hydrogen-bond acceptors (Lipinski definition) is 4. The molecule has 0 aliphatic carbocycles. The van der Waals surface area contributed by atoms with Crippen LogP contribution in [0.25, 0.3) is 5.65 Å². The SMILES string of the molecule is Cc1cc2ncc(C(=O)NCc3ccc(C)o3)cn2n1. The molecule has 3 rings (SSSR count). The van der Waals surface area contributed by atoms with Crippen molar-refractivity contribution in [3.8, 4) is 0 Å². The van der Waals surface area contributed by atoms with Crippen molar-refractivity contribution in [1.29, 1.82) is 0 Å². The number of aromatic nitrogens is 3. The summed E-state index contributed by atoms with van der Waals surface area (Å²) in [6.07, 6.45) is 3.21. The Morgan fingerprint density at radius 2 is 2.25 bits per heavy atom. The number of nitrogens with one attached hydrogen (secondary N) is 1. The van der Waals surface area contributed by atoms with E-state index in [1.807, 2.05) is 32.0 Å². The van der Waals surface area contributed by atoms with Gasteiger partial charge in [-0.05, 0) is 26.0 Å². The summed E-state index contributed by atoms with van der Waals surface area (Å²) in [4.78, 5) is 16.2. The molecule has 20 heavy (non-hydrogen) atoms. The van der Waals surface area contributed by atoms with Crippen molar-refractivity contribution in [3.05, 3.63) is 53.4 Å². The summed E-state index contributed by atoms with van der Waals surface area (Å²) in [5, 5.41) is 7.02. The molecule has 0 bridgehead atoms. The third kappa shape index (κ3) is 2.40. The zero-order valence-corrected chi connectivity index (χ0v) is 11.3. The van der Waals surface area contributed by atoms with Gasteiger partial charge in [-0.2, -0.15) is 5.10 Å². The van der Waals surface area contributed by atoms with E-state index < -0.39 is 0 Å². The van der Waals surface area contributed by atoms with Crippen LogP contribution < -0.4 is 5.32 Å². The zero-order chi connectivity index (χ0) is 14.1. The summed E-state index contributed by atoms with van der Waals surface area (Å²) in [6.45, 7) is 4.10. The van der Waals surface area contributed by atoms with Crippen LogP contribution >= 0.6 is 0 Å². The minimum Gasteiger partial charge on any atom is -0.465 e. The van der Waals surface area contributed by atoms with Crippen LogP contribution in [0, 0.1) is 13.8 Å². The van der Waals surface area contributed by atoms with Crippen molar-refractivity contribution >= 4 is 11.6 Å². The number of aryl methyl sites for hydroxylation is 2. The van der Waals surface area contributed by atoms with Gasteiger partial charge in [0.25, 0.3) is 5.91 Å². The molecular formula is C14H14N4O2. The van der Waals surface area contributed by atoms with Gasteiger partial charge >= 0.3 is 0 Å². The number of amides is 1. The highest BCUT2D eigenvalue weighted by Crippen LogP contribution is 2.07. The van der Waals surface area contributed by atoms with Crippen molar-refractivity contribution in [2.75, 3.05) is 0 Å². The third-order valence-electron chi connectivity index (χ3n) is 2.92. The molecule has 3 aromatic rings. The lowest BCUT2D eigenvalue weighted by Crippen LogP contribution is -2.23. The quantitative estimate of drug-likeness (QED) is 0.788. The standard InChI is InChI=1S/C14H14N4O2/c1-9-5-13-15-6-11(8-18(13)17-9)14(19)16-7-12-4-3-10(2)20-12/h3-6,8H,7H2,1-2H3,(H,16,19). The minimum atomic E-state index is -0.207. The minimum absolute atomic E-state index is 0.207. The summed E-state index contributed by atoms with van der Waals surface area (Å²) in [6, 6.07) is 5.56. The summed E-state index contributed by atoms with van der Waals surface area (Å²) in [7, 11) is 0. The maximum Gasteiger partial charge on any atom is 0.254 e. The van der Waals surface area contributed by atoms with Gasteiger partial charge in [0.15, 0.2) is 5.65 Å². The number of furan rings is 1. The molecule has 102 valence electrons. The number of rotatable bonds is 3. The lowest BCUT2D eigenvalue weighted by atomic mass is 10.3. The molecule has 3 aromatic heterocycles. The average molecular weight is 270 g/mol. The molecule has 0 radical (unpaired) electrons. The van der Waals surface area contributed by atoms with Crippen molar-refractivity contribution in [3.63, 3.8) is 0 Å². The second-order valence-electron chi connectivity index (χ2n) is 4.63. The van der Waals surface area contributed by atoms with E-state index in [0.29, 0.717) is 12.1 Å². The summed E-state index contributed by atoms with van der Waals surface area (Å²) >= 11 is 0. The summed E-state index contributed by atoms with van der Waals surface area (Å²) in [5.41, 5.74) is 2.05. The fraction of sp³-hybridized carbons (Fsp3) is 0.214. The van der Waals surface area contributed by atoms with E-state index in [9.17, 15) is 4.79 Å². The number of nitrogens with zero attached hydrogens (tertiary/aromatic N) is 3. The molecule has 3 heterocycles. The van der Waals surface area contributed by atoms with Crippen LogP contribution in [-0.2, 0) is 6.54 Å². The number of carbonyl (C=O) groups excluding carboxylic acids is 1. The van der Waals surface area contributed by atoms with Crippen molar-refractivity contribution in [2.24, 2.45) is 0 Å². The van der Waals surface area contributed by atoms with Gasteiger partial charge in [0.05, 0.1) is 17.8 Å². The Balaban J connectivity index is 1.74. The van der Waals surface area contributed by atoms with Gasteiger partial charge in [-0.15, -0.1) is 0 Å². The largest absolute Gasteiger partial charge is 0.465 e. The van der Waals surface area contributed by atoms with Crippen LogP contribution in [0.4, 0.5) is 0 Å². The average Bonchev–Trinajstić information content (AvgIpc) is 2.99. The Morgan fingerprint density at radius 1 is 1.40 bits per heavy atom. The Labute approximate surface area is 115 Å². The molecule has 0 fully saturated rings. The van der Waals surface area contributed by atoms with Crippen LogP contribution in [0.5, 0.6) is 0 Å². The molecule has 6 nitrogen and oxygen atoms in total. The monoisotopic (exact) mass is 270 g/mol. The fourth-order valence-electron chi connectivity index (χ4n) is 1.96. The van der Waals surface area contributed by atoms with Crippen molar-refractivity contribution in [1.82, 2.24) is 19.9 Å². The van der Waals surface area contributed by atoms with Crippen LogP contribution in [0.3, 0.4) is 0 Å². The third-order valence-corrected chi connectivity index (χ3v) is 2.92. The molecule has 0 aliphatic heterocycles. The van der Waals surface area contributed by atoms with E-state index >= 15 is 0 Å². The maximum absolute atomic E-state index is 12.0. The number of carbonyl (C=O) groups is 1. The Kier molecular flexibility index (Phi) is 2.98. The smallest absolute Gasteiger partial charge is 0.254 e. The van der Waals surface area contributed by atoms with Gasteiger partial charge in [-0.3, -0.25) is 4.79 Å². The molecule has 0 aromatic carbocycles. The molecule has 0 atom stereocenters. The summed E-state index contributed by atoms with van der Waals surface area (Å²) in [5.74, 6) is 1.34. The van der Waals surface area contributed by atoms with Crippen LogP contribution in [-0.4, -0.2) is 20.5 Å². The Morgan fingerprint density at radius 3 is 3.00 bits per heavy atom. The van der Waals surface area contributed by atoms with Gasteiger partial charge in [-0.1, -0.05) is 0 Å². The molecule has 0 saturated heterocycles. The normalized spacial score (nSPS) is 10.9. The molecule has 0 aliphatic rings. The highest BCUT2D eigenvalue weighted by atomic mass is 16.3. The maximum atomic E-state index is 12.0. The molecule has 0 spiro atoms. The molecular weight excluding hydrogens is 256 g/mol. The first-order valence-corrected chi connectivity index (χ1v) is 6.27. The van der Waals surface area contributed by atoms with E-state index in [0.717, 1.165) is 22.9 Å². The first-order valence-electron chi connectivity index (χ1n) is 6.27. The van der Waals surface area contributed by atoms with Crippen molar-refractivity contribution < 1.29 is 9.21 Å². The zero-order valence-electron chi connectivity index (χ0n) is 11.3. The van der Waals surface area contributed by atoms with Crippen LogP contribution in [0.2, 0.25) is 0 Å². The van der Waals surface area contributed by atoms with E-state index in [1.165, 1.54) is 0 Å². The highest BCUT2D eigenvalue weighted by molar-refractivity contribution is 5.93. The van der Waals surface area contributed by atoms with Gasteiger partial charge in [-0.25, -0.2) is 9.50 Å². The molecule has 6 heteroatoms. The van der Waals surface area contributed by atoms with Crippen LogP contribution in [0.1, 0.15) is 27.6 Å². The molecule has 1 amide bonds. The molecule has 0 unspecified atom stereocenters. The van der Waals surface area contributed by atoms with Gasteiger partial charge in [0.1, 0.15) is 11.5 Å². The second-order valence-corrected chi connectivity index (χ2v) is 4.63. The lowest BCUT2D eigenvalue weighted by molar-refractivity contribution is 0.0947. The summed E-state index contributed by atoms with van der Waals surface area (Å²) < 4.78 is 6.99.